The highest BCUT2D eigenvalue weighted by Crippen LogP contribution is 2.45. The van der Waals surface area contributed by atoms with Gasteiger partial charge in [0.15, 0.2) is 6.61 Å². The Labute approximate surface area is 176 Å². The fourth-order valence-corrected chi connectivity index (χ4v) is 5.55. The van der Waals surface area contributed by atoms with Crippen molar-refractivity contribution in [3.05, 3.63) is 41.3 Å². The molecule has 1 saturated carbocycles. The second kappa shape index (κ2) is 7.49. The number of nitrogens with one attached hydrogen (secondary N) is 1. The van der Waals surface area contributed by atoms with Crippen LogP contribution < -0.4 is 15.4 Å². The Morgan fingerprint density at radius 1 is 1.23 bits per heavy atom. The Balaban J connectivity index is 1.56. The molecule has 158 valence electrons. The van der Waals surface area contributed by atoms with Crippen LogP contribution in [0.4, 0.5) is 11.4 Å². The monoisotopic (exact) mass is 449 g/mol. The molecule has 1 aromatic carbocycles. The van der Waals surface area contributed by atoms with Crippen molar-refractivity contribution in [3.63, 3.8) is 0 Å². The molecule has 9 nitrogen and oxygen atoms in total. The van der Waals surface area contributed by atoms with Crippen LogP contribution in [-0.4, -0.2) is 38.3 Å². The molecule has 4 rings (SSSR count). The Morgan fingerprint density at radius 2 is 1.93 bits per heavy atom. The topological polar surface area (TPSA) is 136 Å². The summed E-state index contributed by atoms with van der Waals surface area (Å²) in [6.07, 6.45) is 2.67. The van der Waals surface area contributed by atoms with Crippen LogP contribution in [0.15, 0.2) is 39.9 Å². The minimum Gasteiger partial charge on any atom is -0.452 e. The lowest BCUT2D eigenvalue weighted by atomic mass is 9.90. The summed E-state index contributed by atoms with van der Waals surface area (Å²) in [5.74, 6) is -1.60. The van der Waals surface area contributed by atoms with E-state index in [0.29, 0.717) is 24.2 Å². The lowest BCUT2D eigenvalue weighted by molar-refractivity contribution is -0.129. The molecule has 0 saturated heterocycles. The third kappa shape index (κ3) is 3.48. The minimum atomic E-state index is -3.93. The van der Waals surface area contributed by atoms with Crippen molar-refractivity contribution in [2.75, 3.05) is 16.8 Å². The summed E-state index contributed by atoms with van der Waals surface area (Å²) in [5.41, 5.74) is 0.0766. The van der Waals surface area contributed by atoms with Gasteiger partial charge >= 0.3 is 5.97 Å². The number of nitrogens with two attached hydrogens (primary N) is 1. The maximum absolute atomic E-state index is 13.1. The average Bonchev–Trinajstić information content (AvgIpc) is 3.37. The molecule has 1 aliphatic heterocycles. The van der Waals surface area contributed by atoms with E-state index < -0.39 is 34.0 Å². The fourth-order valence-electron chi connectivity index (χ4n) is 3.98. The van der Waals surface area contributed by atoms with Crippen LogP contribution in [0, 0.1) is 0 Å². The molecular weight excluding hydrogens is 430 g/mol. The summed E-state index contributed by atoms with van der Waals surface area (Å²) in [5, 5.41) is 9.22. The average molecular weight is 450 g/mol. The smallest absolute Gasteiger partial charge is 0.339 e. The number of nitrogens with zero attached hydrogens (tertiary/aromatic N) is 1. The quantitative estimate of drug-likeness (QED) is 0.684. The zero-order valence-electron chi connectivity index (χ0n) is 15.8. The Morgan fingerprint density at radius 3 is 2.60 bits per heavy atom. The third-order valence-corrected chi connectivity index (χ3v) is 7.73. The predicted octanol–water partition coefficient (Wildman–Crippen LogP) is 1.85. The highest BCUT2D eigenvalue weighted by atomic mass is 32.2. The number of benzene rings is 1. The van der Waals surface area contributed by atoms with Crippen LogP contribution in [0.25, 0.3) is 0 Å². The molecule has 1 fully saturated rings. The molecular formula is C19H19N3O6S2. The number of primary sulfonamides is 1. The highest BCUT2D eigenvalue weighted by Gasteiger charge is 2.52. The van der Waals surface area contributed by atoms with Crippen LogP contribution in [0.2, 0.25) is 0 Å². The van der Waals surface area contributed by atoms with Gasteiger partial charge in [-0.25, -0.2) is 18.4 Å². The SMILES string of the molecule is NS(=O)(=O)c1cc(C(=O)OCC(=O)N2c3ccccc3NC(=O)C23CCCC3)cs1. The van der Waals surface area contributed by atoms with E-state index in [1.54, 1.807) is 24.3 Å². The summed E-state index contributed by atoms with van der Waals surface area (Å²) < 4.78 is 27.7. The van der Waals surface area contributed by atoms with Crippen molar-refractivity contribution in [2.24, 2.45) is 5.14 Å². The lowest BCUT2D eigenvalue weighted by Crippen LogP contribution is -2.61. The number of anilines is 2. The number of thiophene rings is 1. The van der Waals surface area contributed by atoms with Gasteiger partial charge in [-0.2, -0.15) is 0 Å². The molecule has 1 aromatic heterocycles. The molecule has 1 aliphatic carbocycles. The zero-order valence-corrected chi connectivity index (χ0v) is 17.4. The standard InChI is InChI=1S/C19H19N3O6S2/c20-30(26,27)16-9-12(11-29-16)17(24)28-10-15(23)22-14-6-2-1-5-13(14)21-18(25)19(22)7-3-4-8-19/h1-2,5-6,9,11H,3-4,7-8,10H2,(H,21,25)(H2,20,26,27). The number of carbonyl (C=O) groups is 3. The summed E-state index contributed by atoms with van der Waals surface area (Å²) in [4.78, 5) is 39.7. The van der Waals surface area contributed by atoms with Gasteiger partial charge in [0.25, 0.3) is 11.8 Å². The minimum absolute atomic E-state index is 0.0100. The molecule has 0 radical (unpaired) electrons. The molecule has 1 spiro atoms. The van der Waals surface area contributed by atoms with Gasteiger partial charge in [0.05, 0.1) is 16.9 Å². The summed E-state index contributed by atoms with van der Waals surface area (Å²) in [6, 6.07) is 8.09. The summed E-state index contributed by atoms with van der Waals surface area (Å²) in [6.45, 7) is -0.581. The van der Waals surface area contributed by atoms with Crippen molar-refractivity contribution >= 4 is 50.5 Å². The molecule has 11 heteroatoms. The number of carbonyl (C=O) groups excluding carboxylic acids is 3. The van der Waals surface area contributed by atoms with E-state index in [1.807, 2.05) is 0 Å². The lowest BCUT2D eigenvalue weighted by Gasteiger charge is -2.44. The molecule has 3 N–H and O–H groups in total. The van der Waals surface area contributed by atoms with Crippen molar-refractivity contribution < 1.29 is 27.5 Å². The largest absolute Gasteiger partial charge is 0.452 e. The molecule has 2 aromatic rings. The van der Waals surface area contributed by atoms with Crippen LogP contribution in [-0.2, 0) is 24.3 Å². The van der Waals surface area contributed by atoms with Crippen molar-refractivity contribution in [1.82, 2.24) is 0 Å². The van der Waals surface area contributed by atoms with E-state index in [-0.39, 0.29) is 15.7 Å². The molecule has 2 heterocycles. The Kier molecular flexibility index (Phi) is 5.12. The molecule has 0 unspecified atom stereocenters. The molecule has 2 amide bonds. The first-order chi connectivity index (χ1) is 14.2. The van der Waals surface area contributed by atoms with Gasteiger partial charge < -0.3 is 10.1 Å². The maximum atomic E-state index is 13.1. The van der Waals surface area contributed by atoms with E-state index in [2.05, 4.69) is 5.32 Å². The predicted molar refractivity (Wildman–Crippen MR) is 110 cm³/mol. The van der Waals surface area contributed by atoms with E-state index >= 15 is 0 Å². The van der Waals surface area contributed by atoms with Crippen LogP contribution in [0.1, 0.15) is 36.0 Å². The second-order valence-corrected chi connectivity index (χ2v) is 9.91. The first-order valence-corrected chi connectivity index (χ1v) is 11.7. The number of para-hydroxylation sites is 2. The van der Waals surface area contributed by atoms with E-state index in [9.17, 15) is 22.8 Å². The number of fused-ring (bicyclic) bond motifs is 1. The van der Waals surface area contributed by atoms with Gasteiger partial charge in [0.1, 0.15) is 9.75 Å². The number of esters is 1. The van der Waals surface area contributed by atoms with Gasteiger partial charge in [0, 0.05) is 5.38 Å². The van der Waals surface area contributed by atoms with Crippen LogP contribution in [0.5, 0.6) is 0 Å². The van der Waals surface area contributed by atoms with Crippen LogP contribution in [0.3, 0.4) is 0 Å². The normalized spacial score (nSPS) is 17.5. The van der Waals surface area contributed by atoms with Gasteiger partial charge in [-0.15, -0.1) is 11.3 Å². The maximum Gasteiger partial charge on any atom is 0.339 e. The number of ether oxygens (including phenoxy) is 1. The number of amides is 2. The number of hydrogen-bond acceptors (Lipinski definition) is 7. The molecule has 2 aliphatic rings. The summed E-state index contributed by atoms with van der Waals surface area (Å²) >= 11 is 0.791. The first-order valence-electron chi connectivity index (χ1n) is 9.24. The highest BCUT2D eigenvalue weighted by molar-refractivity contribution is 7.91. The fraction of sp³-hybridized carbons (Fsp3) is 0.316. The van der Waals surface area contributed by atoms with Crippen LogP contribution >= 0.6 is 11.3 Å². The molecule has 0 bridgehead atoms. The van der Waals surface area contributed by atoms with Crippen molar-refractivity contribution in [1.29, 1.82) is 0 Å². The Hall–Kier alpha value is -2.76. The number of hydrogen-bond donors (Lipinski definition) is 2. The van der Waals surface area contributed by atoms with Crippen molar-refractivity contribution in [3.8, 4) is 0 Å². The first kappa shape index (κ1) is 20.5. The van der Waals surface area contributed by atoms with E-state index in [4.69, 9.17) is 9.88 Å². The molecule has 0 atom stereocenters. The summed E-state index contributed by atoms with van der Waals surface area (Å²) in [7, 11) is -3.93. The van der Waals surface area contributed by atoms with E-state index in [1.165, 1.54) is 10.3 Å². The van der Waals surface area contributed by atoms with Gasteiger partial charge in [-0.1, -0.05) is 25.0 Å². The molecule has 30 heavy (non-hydrogen) atoms. The van der Waals surface area contributed by atoms with E-state index in [0.717, 1.165) is 30.2 Å². The second-order valence-electron chi connectivity index (χ2n) is 7.21. The third-order valence-electron chi connectivity index (χ3n) is 5.34. The van der Waals surface area contributed by atoms with Gasteiger partial charge in [0.2, 0.25) is 10.0 Å². The van der Waals surface area contributed by atoms with Crippen molar-refractivity contribution in [2.45, 2.75) is 35.4 Å². The van der Waals surface area contributed by atoms with Gasteiger partial charge in [-0.05, 0) is 31.0 Å². The Bertz CT molecular complexity index is 1130. The number of sulfonamides is 1. The van der Waals surface area contributed by atoms with Gasteiger partial charge in [-0.3, -0.25) is 14.5 Å². The zero-order chi connectivity index (χ0) is 21.5. The number of rotatable bonds is 4.